The summed E-state index contributed by atoms with van der Waals surface area (Å²) >= 11 is 6.07. The summed E-state index contributed by atoms with van der Waals surface area (Å²) in [5, 5.41) is 0.525. The Hall–Kier alpha value is -1.11. The molecule has 1 rings (SSSR count). The lowest BCUT2D eigenvalue weighted by atomic mass is 10.1. The molecule has 2 N–H and O–H groups in total. The molecule has 0 heterocycles. The van der Waals surface area contributed by atoms with Crippen LogP contribution in [0, 0.1) is 0 Å². The summed E-state index contributed by atoms with van der Waals surface area (Å²) in [6.45, 7) is 3.67. The van der Waals surface area contributed by atoms with Crippen LogP contribution in [0.1, 0.15) is 37.8 Å². The number of amides is 1. The molecule has 0 bridgehead atoms. The van der Waals surface area contributed by atoms with Crippen LogP contribution in [-0.4, -0.2) is 31.7 Å². The van der Waals surface area contributed by atoms with Gasteiger partial charge >= 0.3 is 0 Å². The van der Waals surface area contributed by atoms with Crippen molar-refractivity contribution in [2.45, 2.75) is 38.9 Å². The van der Waals surface area contributed by atoms with E-state index in [0.29, 0.717) is 10.6 Å². The van der Waals surface area contributed by atoms with Gasteiger partial charge in [0.05, 0.1) is 12.3 Å². The van der Waals surface area contributed by atoms with Crippen molar-refractivity contribution in [3.05, 3.63) is 34.3 Å². The van der Waals surface area contributed by atoms with Gasteiger partial charge in [-0.05, 0) is 36.1 Å². The maximum atomic E-state index is 12.4. The second-order valence-corrected chi connectivity index (χ2v) is 7.63. The first-order valence-corrected chi connectivity index (χ1v) is 9.31. The van der Waals surface area contributed by atoms with Crippen LogP contribution in [-0.2, 0) is 27.0 Å². The van der Waals surface area contributed by atoms with Gasteiger partial charge in [0.1, 0.15) is 0 Å². The Bertz CT molecular complexity index is 617. The van der Waals surface area contributed by atoms with Crippen molar-refractivity contribution in [3.63, 3.8) is 0 Å². The monoisotopic (exact) mass is 346 g/mol. The molecule has 5 nitrogen and oxygen atoms in total. The summed E-state index contributed by atoms with van der Waals surface area (Å²) in [5.74, 6) is -0.853. The van der Waals surface area contributed by atoms with E-state index in [0.717, 1.165) is 29.1 Å². The second kappa shape index (κ2) is 8.50. The topological polar surface area (TPSA) is 80.5 Å². The number of hydrogen-bond acceptors (Lipinski definition) is 3. The van der Waals surface area contributed by atoms with Gasteiger partial charge in [-0.15, -0.1) is 0 Å². The average Bonchev–Trinajstić information content (AvgIpc) is 2.41. The molecule has 0 atom stereocenters. The standard InChI is InChI=1S/C15H23ClN2O3S/c1-3-5-6-12-7-13(9-14(16)8-12)11-22(20,21)18(4-2)10-15(17)19/h7-9H,3-6,10-11H2,1-2H3,(H2,17,19). The van der Waals surface area contributed by atoms with Crippen molar-refractivity contribution >= 4 is 27.5 Å². The number of nitrogens with zero attached hydrogens (tertiary/aromatic N) is 1. The number of halogens is 1. The highest BCUT2D eigenvalue weighted by atomic mass is 35.5. The zero-order valence-electron chi connectivity index (χ0n) is 13.0. The first kappa shape index (κ1) is 18.9. The third kappa shape index (κ3) is 5.94. The SMILES string of the molecule is CCCCc1cc(Cl)cc(CS(=O)(=O)N(CC)CC(N)=O)c1. The molecular formula is C15H23ClN2O3S. The molecule has 0 saturated carbocycles. The molecule has 22 heavy (non-hydrogen) atoms. The van der Waals surface area contributed by atoms with E-state index >= 15 is 0 Å². The minimum absolute atomic E-state index is 0.187. The highest BCUT2D eigenvalue weighted by Gasteiger charge is 2.22. The fourth-order valence-electron chi connectivity index (χ4n) is 2.21. The predicted molar refractivity (Wildman–Crippen MR) is 89.1 cm³/mol. The maximum Gasteiger partial charge on any atom is 0.232 e. The Kier molecular flexibility index (Phi) is 7.32. The molecule has 7 heteroatoms. The number of primary amides is 1. The van der Waals surface area contributed by atoms with Gasteiger partial charge in [-0.3, -0.25) is 4.79 Å². The molecule has 0 aliphatic heterocycles. The van der Waals surface area contributed by atoms with Crippen LogP contribution in [0.15, 0.2) is 18.2 Å². The largest absolute Gasteiger partial charge is 0.369 e. The third-order valence-corrected chi connectivity index (χ3v) is 5.35. The number of unbranched alkanes of at least 4 members (excludes halogenated alkanes) is 1. The molecule has 0 aliphatic carbocycles. The number of likely N-dealkylation sites (N-methyl/N-ethyl adjacent to an activating group) is 1. The summed E-state index contributed by atoms with van der Waals surface area (Å²) in [4.78, 5) is 11.0. The van der Waals surface area contributed by atoms with Crippen molar-refractivity contribution in [3.8, 4) is 0 Å². The zero-order valence-corrected chi connectivity index (χ0v) is 14.6. The van der Waals surface area contributed by atoms with E-state index in [1.165, 1.54) is 0 Å². The molecular weight excluding hydrogens is 324 g/mol. The van der Waals surface area contributed by atoms with Gasteiger partial charge in [0.2, 0.25) is 15.9 Å². The Morgan fingerprint density at radius 3 is 2.41 bits per heavy atom. The fraction of sp³-hybridized carbons (Fsp3) is 0.533. The lowest BCUT2D eigenvalue weighted by Gasteiger charge is -2.19. The Morgan fingerprint density at radius 1 is 1.23 bits per heavy atom. The van der Waals surface area contributed by atoms with E-state index < -0.39 is 15.9 Å². The number of carbonyl (C=O) groups is 1. The Labute approximate surface area is 137 Å². The first-order valence-electron chi connectivity index (χ1n) is 7.33. The van der Waals surface area contributed by atoms with Crippen LogP contribution in [0.25, 0.3) is 0 Å². The summed E-state index contributed by atoms with van der Waals surface area (Å²) in [5.41, 5.74) is 6.75. The number of sulfonamides is 1. The molecule has 1 aromatic rings. The zero-order chi connectivity index (χ0) is 16.8. The van der Waals surface area contributed by atoms with Crippen molar-refractivity contribution in [2.24, 2.45) is 5.73 Å². The fourth-order valence-corrected chi connectivity index (χ4v) is 3.98. The lowest BCUT2D eigenvalue weighted by molar-refractivity contribution is -0.118. The highest BCUT2D eigenvalue weighted by Crippen LogP contribution is 2.20. The molecule has 0 saturated heterocycles. The molecule has 0 aromatic heterocycles. The van der Waals surface area contributed by atoms with E-state index in [-0.39, 0.29) is 18.8 Å². The van der Waals surface area contributed by atoms with Crippen LogP contribution in [0.3, 0.4) is 0 Å². The van der Waals surface area contributed by atoms with Crippen molar-refractivity contribution in [1.82, 2.24) is 4.31 Å². The summed E-state index contributed by atoms with van der Waals surface area (Å²) in [6.07, 6.45) is 2.94. The van der Waals surface area contributed by atoms with Crippen LogP contribution < -0.4 is 5.73 Å². The van der Waals surface area contributed by atoms with E-state index in [2.05, 4.69) is 6.92 Å². The molecule has 0 spiro atoms. The predicted octanol–water partition coefficient (Wildman–Crippen LogP) is 2.32. The summed E-state index contributed by atoms with van der Waals surface area (Å²) in [6, 6.07) is 5.36. The van der Waals surface area contributed by atoms with Gasteiger partial charge in [0.25, 0.3) is 0 Å². The lowest BCUT2D eigenvalue weighted by Crippen LogP contribution is -2.38. The maximum absolute atomic E-state index is 12.4. The smallest absolute Gasteiger partial charge is 0.232 e. The first-order chi connectivity index (χ1) is 10.3. The van der Waals surface area contributed by atoms with Crippen LogP contribution in [0.4, 0.5) is 0 Å². The third-order valence-electron chi connectivity index (χ3n) is 3.26. The number of hydrogen-bond donors (Lipinski definition) is 1. The van der Waals surface area contributed by atoms with Crippen LogP contribution >= 0.6 is 11.6 Å². The van der Waals surface area contributed by atoms with E-state index in [1.807, 2.05) is 12.1 Å². The molecule has 0 aliphatic rings. The average molecular weight is 347 g/mol. The molecule has 0 radical (unpaired) electrons. The minimum atomic E-state index is -3.60. The molecule has 1 amide bonds. The number of rotatable bonds is 9. The molecule has 124 valence electrons. The van der Waals surface area contributed by atoms with Gasteiger partial charge in [0.15, 0.2) is 0 Å². The quantitative estimate of drug-likeness (QED) is 0.745. The number of benzene rings is 1. The Balaban J connectivity index is 2.96. The van der Waals surface area contributed by atoms with Crippen LogP contribution in [0.2, 0.25) is 5.02 Å². The van der Waals surface area contributed by atoms with Gasteiger partial charge in [-0.1, -0.05) is 37.9 Å². The van der Waals surface area contributed by atoms with E-state index in [1.54, 1.807) is 13.0 Å². The van der Waals surface area contributed by atoms with Crippen LogP contribution in [0.5, 0.6) is 0 Å². The molecule has 1 aromatic carbocycles. The minimum Gasteiger partial charge on any atom is -0.369 e. The van der Waals surface area contributed by atoms with Gasteiger partial charge in [-0.25, -0.2) is 8.42 Å². The van der Waals surface area contributed by atoms with Gasteiger partial charge in [0, 0.05) is 11.6 Å². The molecule has 0 fully saturated rings. The van der Waals surface area contributed by atoms with Crippen molar-refractivity contribution < 1.29 is 13.2 Å². The second-order valence-electron chi connectivity index (χ2n) is 5.22. The normalized spacial score (nSPS) is 11.8. The Morgan fingerprint density at radius 2 is 1.86 bits per heavy atom. The highest BCUT2D eigenvalue weighted by molar-refractivity contribution is 7.88. The molecule has 0 unspecified atom stereocenters. The number of aryl methyl sites for hydroxylation is 1. The van der Waals surface area contributed by atoms with Crippen molar-refractivity contribution in [1.29, 1.82) is 0 Å². The number of carbonyl (C=O) groups excluding carboxylic acids is 1. The van der Waals surface area contributed by atoms with Crippen molar-refractivity contribution in [2.75, 3.05) is 13.1 Å². The van der Waals surface area contributed by atoms with E-state index in [9.17, 15) is 13.2 Å². The van der Waals surface area contributed by atoms with E-state index in [4.69, 9.17) is 17.3 Å². The van der Waals surface area contributed by atoms with Gasteiger partial charge in [-0.2, -0.15) is 4.31 Å². The summed E-state index contributed by atoms with van der Waals surface area (Å²) in [7, 11) is -3.60. The summed E-state index contributed by atoms with van der Waals surface area (Å²) < 4.78 is 25.8. The number of nitrogens with two attached hydrogens (primary N) is 1. The van der Waals surface area contributed by atoms with Gasteiger partial charge < -0.3 is 5.73 Å².